The van der Waals surface area contributed by atoms with Crippen molar-refractivity contribution in [3.63, 3.8) is 0 Å². The molecule has 21 heavy (non-hydrogen) atoms. The number of hydrogen-bond donors (Lipinski definition) is 1. The molecule has 0 aliphatic heterocycles. The molecule has 1 aromatic carbocycles. The van der Waals surface area contributed by atoms with E-state index in [2.05, 4.69) is 0 Å². The summed E-state index contributed by atoms with van der Waals surface area (Å²) in [5.41, 5.74) is 6.46. The molecular weight excluding hydrogens is 274 g/mol. The Bertz CT molecular complexity index is 462. The van der Waals surface area contributed by atoms with Gasteiger partial charge in [0.15, 0.2) is 11.5 Å². The standard InChI is InChI=1S/C15H23NO5/c1-4-6-20-13-9-11(15(17)19-5-2)12(16)10-14(13)21-8-7-18-3/h9-10H,4-8,16H2,1-3H3. The largest absolute Gasteiger partial charge is 0.490 e. The number of anilines is 1. The van der Waals surface area contributed by atoms with Gasteiger partial charge in [-0.1, -0.05) is 6.92 Å². The Kier molecular flexibility index (Phi) is 7.39. The fraction of sp³-hybridized carbons (Fsp3) is 0.533. The summed E-state index contributed by atoms with van der Waals surface area (Å²) in [5, 5.41) is 0. The van der Waals surface area contributed by atoms with Gasteiger partial charge in [-0.05, 0) is 13.3 Å². The second-order valence-electron chi connectivity index (χ2n) is 4.30. The maximum atomic E-state index is 11.8. The van der Waals surface area contributed by atoms with E-state index in [1.807, 2.05) is 6.92 Å². The average molecular weight is 297 g/mol. The minimum absolute atomic E-state index is 0.280. The highest BCUT2D eigenvalue weighted by Gasteiger charge is 2.17. The van der Waals surface area contributed by atoms with Gasteiger partial charge in [0.1, 0.15) is 6.61 Å². The molecule has 0 bridgehead atoms. The van der Waals surface area contributed by atoms with Gasteiger partial charge in [-0.3, -0.25) is 0 Å². The first-order valence-electron chi connectivity index (χ1n) is 6.99. The van der Waals surface area contributed by atoms with Gasteiger partial charge in [0, 0.05) is 19.2 Å². The molecule has 0 amide bonds. The van der Waals surface area contributed by atoms with Crippen LogP contribution < -0.4 is 15.2 Å². The highest BCUT2D eigenvalue weighted by Crippen LogP contribution is 2.33. The topological polar surface area (TPSA) is 80.0 Å². The van der Waals surface area contributed by atoms with E-state index in [0.29, 0.717) is 37.0 Å². The molecule has 1 rings (SSSR count). The first-order chi connectivity index (χ1) is 10.1. The molecule has 0 aliphatic rings. The predicted octanol–water partition coefficient (Wildman–Crippen LogP) is 2.26. The number of rotatable bonds is 9. The van der Waals surface area contributed by atoms with Gasteiger partial charge in [0.25, 0.3) is 0 Å². The van der Waals surface area contributed by atoms with Crippen LogP contribution in [-0.2, 0) is 9.47 Å². The molecule has 118 valence electrons. The van der Waals surface area contributed by atoms with Crippen molar-refractivity contribution in [1.82, 2.24) is 0 Å². The van der Waals surface area contributed by atoms with E-state index < -0.39 is 5.97 Å². The minimum Gasteiger partial charge on any atom is -0.490 e. The first kappa shape index (κ1) is 17.1. The van der Waals surface area contributed by atoms with Gasteiger partial charge in [0.2, 0.25) is 0 Å². The van der Waals surface area contributed by atoms with Crippen LogP contribution in [0.3, 0.4) is 0 Å². The van der Waals surface area contributed by atoms with Crippen LogP contribution in [0.5, 0.6) is 11.5 Å². The molecule has 0 radical (unpaired) electrons. The van der Waals surface area contributed by atoms with E-state index in [1.165, 1.54) is 0 Å². The van der Waals surface area contributed by atoms with Crippen LogP contribution in [0.1, 0.15) is 30.6 Å². The van der Waals surface area contributed by atoms with Gasteiger partial charge < -0.3 is 24.7 Å². The molecule has 0 spiro atoms. The van der Waals surface area contributed by atoms with Gasteiger partial charge in [-0.2, -0.15) is 0 Å². The predicted molar refractivity (Wildman–Crippen MR) is 80.0 cm³/mol. The SMILES string of the molecule is CCCOc1cc(C(=O)OCC)c(N)cc1OCCOC. The molecule has 2 N–H and O–H groups in total. The maximum Gasteiger partial charge on any atom is 0.340 e. The first-order valence-corrected chi connectivity index (χ1v) is 6.99. The smallest absolute Gasteiger partial charge is 0.340 e. The Morgan fingerprint density at radius 3 is 2.38 bits per heavy atom. The summed E-state index contributed by atoms with van der Waals surface area (Å²) < 4.78 is 21.1. The quantitative estimate of drug-likeness (QED) is 0.428. The fourth-order valence-corrected chi connectivity index (χ4v) is 1.63. The summed E-state index contributed by atoms with van der Waals surface area (Å²) >= 11 is 0. The number of hydrogen-bond acceptors (Lipinski definition) is 6. The zero-order chi connectivity index (χ0) is 15.7. The number of methoxy groups -OCH3 is 1. The molecule has 0 fully saturated rings. The second-order valence-corrected chi connectivity index (χ2v) is 4.30. The van der Waals surface area contributed by atoms with E-state index in [1.54, 1.807) is 26.2 Å². The van der Waals surface area contributed by atoms with Crippen molar-refractivity contribution in [2.24, 2.45) is 0 Å². The molecule has 0 saturated heterocycles. The van der Waals surface area contributed by atoms with Crippen molar-refractivity contribution in [1.29, 1.82) is 0 Å². The van der Waals surface area contributed by atoms with Crippen molar-refractivity contribution in [3.8, 4) is 11.5 Å². The number of esters is 1. The summed E-state index contributed by atoms with van der Waals surface area (Å²) in [6.45, 7) is 5.37. The lowest BCUT2D eigenvalue weighted by atomic mass is 10.1. The molecule has 0 saturated carbocycles. The maximum absolute atomic E-state index is 11.8. The average Bonchev–Trinajstić information content (AvgIpc) is 2.46. The Morgan fingerprint density at radius 2 is 1.76 bits per heavy atom. The van der Waals surface area contributed by atoms with Crippen molar-refractivity contribution in [2.45, 2.75) is 20.3 Å². The van der Waals surface area contributed by atoms with E-state index in [0.717, 1.165) is 6.42 Å². The Hall–Kier alpha value is -1.95. The van der Waals surface area contributed by atoms with Gasteiger partial charge in [-0.15, -0.1) is 0 Å². The van der Waals surface area contributed by atoms with Gasteiger partial charge >= 0.3 is 5.97 Å². The van der Waals surface area contributed by atoms with E-state index >= 15 is 0 Å². The van der Waals surface area contributed by atoms with Crippen LogP contribution in [0.4, 0.5) is 5.69 Å². The summed E-state index contributed by atoms with van der Waals surface area (Å²) in [5.74, 6) is 0.496. The van der Waals surface area contributed by atoms with E-state index in [9.17, 15) is 4.79 Å². The molecule has 6 nitrogen and oxygen atoms in total. The van der Waals surface area contributed by atoms with Crippen LogP contribution in [0, 0.1) is 0 Å². The highest BCUT2D eigenvalue weighted by atomic mass is 16.5. The second kappa shape index (κ2) is 9.07. The number of ether oxygens (including phenoxy) is 4. The minimum atomic E-state index is -0.472. The number of benzene rings is 1. The fourth-order valence-electron chi connectivity index (χ4n) is 1.63. The highest BCUT2D eigenvalue weighted by molar-refractivity contribution is 5.96. The lowest BCUT2D eigenvalue weighted by molar-refractivity contribution is 0.0527. The van der Waals surface area contributed by atoms with Crippen molar-refractivity contribution < 1.29 is 23.7 Å². The van der Waals surface area contributed by atoms with Gasteiger partial charge in [0.05, 0.1) is 31.1 Å². The number of carbonyl (C=O) groups excluding carboxylic acids is 1. The summed E-state index contributed by atoms with van der Waals surface area (Å²) in [4.78, 5) is 11.8. The molecule has 6 heteroatoms. The lowest BCUT2D eigenvalue weighted by Gasteiger charge is -2.15. The Balaban J connectivity index is 3.00. The van der Waals surface area contributed by atoms with Crippen molar-refractivity contribution >= 4 is 11.7 Å². The normalized spacial score (nSPS) is 10.2. The molecule has 0 aliphatic carbocycles. The van der Waals surface area contributed by atoms with Crippen LogP contribution in [0.15, 0.2) is 12.1 Å². The summed E-state index contributed by atoms with van der Waals surface area (Å²) in [7, 11) is 1.59. The van der Waals surface area contributed by atoms with Crippen molar-refractivity contribution in [3.05, 3.63) is 17.7 Å². The molecule has 0 heterocycles. The third-order valence-corrected chi connectivity index (χ3v) is 2.62. The molecule has 0 unspecified atom stereocenters. The molecular formula is C15H23NO5. The number of nitrogens with two attached hydrogens (primary N) is 1. The van der Waals surface area contributed by atoms with Crippen molar-refractivity contribution in [2.75, 3.05) is 39.3 Å². The van der Waals surface area contributed by atoms with Crippen LogP contribution in [-0.4, -0.2) is 39.5 Å². The number of nitrogen functional groups attached to an aromatic ring is 1. The Labute approximate surface area is 125 Å². The molecule has 1 aromatic rings. The van der Waals surface area contributed by atoms with E-state index in [4.69, 9.17) is 24.7 Å². The summed E-state index contributed by atoms with van der Waals surface area (Å²) in [6, 6.07) is 3.14. The number of carbonyl (C=O) groups is 1. The Morgan fingerprint density at radius 1 is 1.10 bits per heavy atom. The third-order valence-electron chi connectivity index (χ3n) is 2.62. The third kappa shape index (κ3) is 5.15. The molecule has 0 aromatic heterocycles. The summed E-state index contributed by atoms with van der Waals surface area (Å²) in [6.07, 6.45) is 0.844. The van der Waals surface area contributed by atoms with Crippen LogP contribution >= 0.6 is 0 Å². The molecule has 0 atom stereocenters. The zero-order valence-electron chi connectivity index (χ0n) is 12.8. The lowest BCUT2D eigenvalue weighted by Crippen LogP contribution is -2.11. The van der Waals surface area contributed by atoms with E-state index in [-0.39, 0.29) is 12.2 Å². The zero-order valence-corrected chi connectivity index (χ0v) is 12.8. The van der Waals surface area contributed by atoms with Gasteiger partial charge in [-0.25, -0.2) is 4.79 Å². The van der Waals surface area contributed by atoms with Crippen LogP contribution in [0.2, 0.25) is 0 Å². The monoisotopic (exact) mass is 297 g/mol. The van der Waals surface area contributed by atoms with Crippen LogP contribution in [0.25, 0.3) is 0 Å².